The highest BCUT2D eigenvalue weighted by Gasteiger charge is 2.33. The Labute approximate surface area is 222 Å². The lowest BCUT2D eigenvalue weighted by Gasteiger charge is -2.34. The van der Waals surface area contributed by atoms with Crippen LogP contribution in [0.15, 0.2) is 29.2 Å². The number of ether oxygens (including phenoxy) is 2. The number of carbonyl (C=O) groups is 2. The third kappa shape index (κ3) is 5.76. The number of carbonyl (C=O) groups excluding carboxylic acids is 2. The van der Waals surface area contributed by atoms with Crippen LogP contribution in [0.25, 0.3) is 0 Å². The second-order valence-corrected chi connectivity index (χ2v) is 11.9. The summed E-state index contributed by atoms with van der Waals surface area (Å²) in [5.74, 6) is -0.892. The molecule has 0 radical (unpaired) electrons. The van der Waals surface area contributed by atoms with Crippen molar-refractivity contribution >= 4 is 50.6 Å². The molecule has 1 N–H and O–H groups in total. The van der Waals surface area contributed by atoms with E-state index in [1.165, 1.54) is 47.0 Å². The predicted octanol–water partition coefficient (Wildman–Crippen LogP) is 3.38. The van der Waals surface area contributed by atoms with Crippen LogP contribution < -0.4 is 5.32 Å². The molecule has 198 valence electrons. The Hall–Kier alpha value is -2.02. The van der Waals surface area contributed by atoms with E-state index in [0.717, 1.165) is 30.1 Å². The molecule has 0 spiro atoms. The van der Waals surface area contributed by atoms with Crippen molar-refractivity contribution in [2.24, 2.45) is 0 Å². The maximum Gasteiger partial charge on any atom is 0.341 e. The molecule has 2 aromatic rings. The van der Waals surface area contributed by atoms with Gasteiger partial charge in [0.25, 0.3) is 5.91 Å². The summed E-state index contributed by atoms with van der Waals surface area (Å²) in [6.07, 6.45) is 0.331. The number of benzene rings is 1. The maximum absolute atomic E-state index is 13.1. The smallest absolute Gasteiger partial charge is 0.341 e. The minimum Gasteiger partial charge on any atom is -0.465 e. The first-order chi connectivity index (χ1) is 16.6. The summed E-state index contributed by atoms with van der Waals surface area (Å²) in [7, 11) is -2.37. The Morgan fingerprint density at radius 1 is 1.17 bits per heavy atom. The van der Waals surface area contributed by atoms with Crippen LogP contribution in [0.2, 0.25) is 0 Å². The SMILES string of the molecule is CCN1CCc2c(sc(NC(=O)c3ccc(S(=O)(=O)N4CC(C)OC(C)C4)cc3)c2C(=O)OC)C1.Cl. The van der Waals surface area contributed by atoms with Gasteiger partial charge in [0, 0.05) is 36.6 Å². The van der Waals surface area contributed by atoms with Gasteiger partial charge in [0.2, 0.25) is 10.0 Å². The summed E-state index contributed by atoms with van der Waals surface area (Å²) < 4.78 is 38.2. The van der Waals surface area contributed by atoms with E-state index in [-0.39, 0.29) is 42.6 Å². The molecule has 1 fully saturated rings. The van der Waals surface area contributed by atoms with Gasteiger partial charge in [-0.1, -0.05) is 6.92 Å². The zero-order valence-electron chi connectivity index (χ0n) is 20.8. The van der Waals surface area contributed by atoms with E-state index in [4.69, 9.17) is 9.47 Å². The highest BCUT2D eigenvalue weighted by Crippen LogP contribution is 2.38. The molecule has 1 aromatic carbocycles. The van der Waals surface area contributed by atoms with E-state index in [2.05, 4.69) is 17.1 Å². The number of amides is 1. The number of sulfonamides is 1. The van der Waals surface area contributed by atoms with Gasteiger partial charge in [-0.25, -0.2) is 13.2 Å². The van der Waals surface area contributed by atoms with E-state index < -0.39 is 21.9 Å². The van der Waals surface area contributed by atoms with Gasteiger partial charge >= 0.3 is 5.97 Å². The van der Waals surface area contributed by atoms with Crippen molar-refractivity contribution in [3.05, 3.63) is 45.8 Å². The van der Waals surface area contributed by atoms with Crippen molar-refractivity contribution in [3.8, 4) is 0 Å². The maximum atomic E-state index is 13.1. The molecule has 1 saturated heterocycles. The largest absolute Gasteiger partial charge is 0.465 e. The molecule has 4 rings (SSSR count). The van der Waals surface area contributed by atoms with E-state index in [0.29, 0.717) is 22.5 Å². The van der Waals surface area contributed by atoms with Crippen molar-refractivity contribution < 1.29 is 27.5 Å². The molecule has 1 amide bonds. The van der Waals surface area contributed by atoms with Crippen molar-refractivity contribution in [2.45, 2.75) is 50.8 Å². The topological polar surface area (TPSA) is 105 Å². The third-order valence-corrected chi connectivity index (χ3v) is 9.32. The first-order valence-corrected chi connectivity index (χ1v) is 13.9. The molecule has 12 heteroatoms. The number of hydrogen-bond donors (Lipinski definition) is 1. The number of halogens is 1. The molecule has 0 saturated carbocycles. The molecule has 9 nitrogen and oxygen atoms in total. The van der Waals surface area contributed by atoms with E-state index in [1.807, 2.05) is 13.8 Å². The van der Waals surface area contributed by atoms with Gasteiger partial charge in [-0.05, 0) is 56.6 Å². The molecule has 0 bridgehead atoms. The summed E-state index contributed by atoms with van der Waals surface area (Å²) in [4.78, 5) is 29.0. The lowest BCUT2D eigenvalue weighted by Crippen LogP contribution is -2.48. The standard InChI is InChI=1S/C24H31N3O6S2.ClH/c1-5-26-11-10-19-20(14-26)34-23(21(19)24(29)32-4)25-22(28)17-6-8-18(9-7-17)35(30,31)27-12-15(2)33-16(3)13-27;/h6-9,15-16H,5,10-14H2,1-4H3,(H,25,28);1H. The van der Waals surface area contributed by atoms with E-state index in [1.54, 1.807) is 0 Å². The normalized spacial score (nSPS) is 20.8. The number of thiophene rings is 1. The number of hydrogen-bond acceptors (Lipinski definition) is 8. The summed E-state index contributed by atoms with van der Waals surface area (Å²) in [6.45, 7) is 8.81. The predicted molar refractivity (Wildman–Crippen MR) is 141 cm³/mol. The number of likely N-dealkylation sites (N-methyl/N-ethyl adjacent to an activating group) is 1. The molecule has 3 heterocycles. The summed E-state index contributed by atoms with van der Waals surface area (Å²) in [5.41, 5.74) is 1.63. The Morgan fingerprint density at radius 3 is 2.39 bits per heavy atom. The Balaban J connectivity index is 0.00000361. The fourth-order valence-electron chi connectivity index (χ4n) is 4.56. The molecule has 2 unspecified atom stereocenters. The highest BCUT2D eigenvalue weighted by atomic mass is 35.5. The number of nitrogens with zero attached hydrogens (tertiary/aromatic N) is 2. The Bertz CT molecular complexity index is 1210. The zero-order chi connectivity index (χ0) is 25.3. The average Bonchev–Trinajstić information content (AvgIpc) is 3.19. The number of morpholine rings is 1. The van der Waals surface area contributed by atoms with Crippen LogP contribution in [0.5, 0.6) is 0 Å². The zero-order valence-corrected chi connectivity index (χ0v) is 23.2. The van der Waals surface area contributed by atoms with Crippen LogP contribution in [0, 0.1) is 0 Å². The molecular formula is C24H32ClN3O6S2. The van der Waals surface area contributed by atoms with Crippen LogP contribution in [0.1, 0.15) is 51.9 Å². The lowest BCUT2D eigenvalue weighted by atomic mass is 10.0. The van der Waals surface area contributed by atoms with Gasteiger partial charge in [0.15, 0.2) is 0 Å². The second kappa shape index (κ2) is 11.6. The molecule has 2 atom stereocenters. The highest BCUT2D eigenvalue weighted by molar-refractivity contribution is 7.89. The Kier molecular flexibility index (Phi) is 9.18. The molecule has 1 aromatic heterocycles. The molecular weight excluding hydrogens is 526 g/mol. The lowest BCUT2D eigenvalue weighted by molar-refractivity contribution is -0.0440. The van der Waals surface area contributed by atoms with Crippen LogP contribution >= 0.6 is 23.7 Å². The van der Waals surface area contributed by atoms with E-state index in [9.17, 15) is 18.0 Å². The Morgan fingerprint density at radius 2 is 1.81 bits per heavy atom. The van der Waals surface area contributed by atoms with Gasteiger partial charge in [0.1, 0.15) is 5.00 Å². The van der Waals surface area contributed by atoms with Crippen LogP contribution in [-0.4, -0.2) is 75.0 Å². The van der Waals surface area contributed by atoms with Crippen molar-refractivity contribution in [1.29, 1.82) is 0 Å². The van der Waals surface area contributed by atoms with Crippen molar-refractivity contribution in [2.75, 3.05) is 38.6 Å². The number of nitrogens with one attached hydrogen (secondary N) is 1. The number of esters is 1. The molecule has 36 heavy (non-hydrogen) atoms. The number of methoxy groups -OCH3 is 1. The number of fused-ring (bicyclic) bond motifs is 1. The number of rotatable bonds is 6. The summed E-state index contributed by atoms with van der Waals surface area (Å²) in [5, 5.41) is 3.31. The fraction of sp³-hybridized carbons (Fsp3) is 0.500. The van der Waals surface area contributed by atoms with Crippen molar-refractivity contribution in [3.63, 3.8) is 0 Å². The summed E-state index contributed by atoms with van der Waals surface area (Å²) in [6, 6.07) is 5.85. The quantitative estimate of drug-likeness (QED) is 0.543. The van der Waals surface area contributed by atoms with Gasteiger partial charge < -0.3 is 14.8 Å². The molecule has 2 aliphatic heterocycles. The first-order valence-electron chi connectivity index (χ1n) is 11.7. The fourth-order valence-corrected chi connectivity index (χ4v) is 7.43. The van der Waals surface area contributed by atoms with Crippen LogP contribution in [-0.2, 0) is 32.5 Å². The third-order valence-electron chi connectivity index (χ3n) is 6.34. The first kappa shape index (κ1) is 28.5. The van der Waals surface area contributed by atoms with Gasteiger partial charge in [-0.15, -0.1) is 23.7 Å². The van der Waals surface area contributed by atoms with E-state index >= 15 is 0 Å². The van der Waals surface area contributed by atoms with Gasteiger partial charge in [0.05, 0.1) is 29.8 Å². The summed E-state index contributed by atoms with van der Waals surface area (Å²) >= 11 is 1.39. The minimum atomic E-state index is -3.70. The average molecular weight is 558 g/mol. The molecule has 2 aliphatic rings. The van der Waals surface area contributed by atoms with Crippen LogP contribution in [0.3, 0.4) is 0 Å². The van der Waals surface area contributed by atoms with Crippen LogP contribution in [0.4, 0.5) is 5.00 Å². The monoisotopic (exact) mass is 557 g/mol. The van der Waals surface area contributed by atoms with Gasteiger partial charge in [-0.2, -0.15) is 4.31 Å². The van der Waals surface area contributed by atoms with Gasteiger partial charge in [-0.3, -0.25) is 9.69 Å². The number of anilines is 1. The molecule has 0 aliphatic carbocycles. The second-order valence-electron chi connectivity index (χ2n) is 8.88. The minimum absolute atomic E-state index is 0. The van der Waals surface area contributed by atoms with Crippen molar-refractivity contribution in [1.82, 2.24) is 9.21 Å².